The second kappa shape index (κ2) is 6.66. The Morgan fingerprint density at radius 2 is 2.10 bits per heavy atom. The first-order valence-corrected chi connectivity index (χ1v) is 8.65. The fourth-order valence-electron chi connectivity index (χ4n) is 4.23. The highest BCUT2D eigenvalue weighted by Crippen LogP contribution is 2.35. The minimum Gasteiger partial charge on any atom is -0.353 e. The van der Waals surface area contributed by atoms with Gasteiger partial charge in [0.25, 0.3) is 0 Å². The maximum atomic E-state index is 12.7. The van der Waals surface area contributed by atoms with Crippen LogP contribution < -0.4 is 10.6 Å². The fourth-order valence-corrected chi connectivity index (χ4v) is 4.23. The van der Waals surface area contributed by atoms with Crippen molar-refractivity contribution in [2.24, 2.45) is 5.92 Å². The molecule has 0 aromatic carbocycles. The van der Waals surface area contributed by atoms with Crippen molar-refractivity contribution in [3.05, 3.63) is 0 Å². The summed E-state index contributed by atoms with van der Waals surface area (Å²) in [4.78, 5) is 15.0. The zero-order valence-corrected chi connectivity index (χ0v) is 14.3. The predicted molar refractivity (Wildman–Crippen MR) is 87.3 cm³/mol. The third-order valence-corrected chi connectivity index (χ3v) is 5.88. The Balaban J connectivity index is 2.00. The van der Waals surface area contributed by atoms with Crippen LogP contribution in [0.4, 0.5) is 0 Å². The highest BCUT2D eigenvalue weighted by atomic mass is 16.2. The SMILES string of the molecule is CCC1(C(=O)NCC2(N(C)C)CCCC(C)C2)CCCN1. The molecule has 4 nitrogen and oxygen atoms in total. The molecule has 0 spiro atoms. The Labute approximate surface area is 130 Å². The molecule has 1 saturated heterocycles. The molecule has 122 valence electrons. The van der Waals surface area contributed by atoms with Gasteiger partial charge in [-0.05, 0) is 58.7 Å². The third kappa shape index (κ3) is 3.42. The average molecular weight is 295 g/mol. The minimum atomic E-state index is -0.312. The molecule has 0 aromatic rings. The molecule has 3 unspecified atom stereocenters. The maximum Gasteiger partial charge on any atom is 0.240 e. The van der Waals surface area contributed by atoms with Crippen LogP contribution in [0.1, 0.15) is 58.8 Å². The molecule has 2 rings (SSSR count). The molecule has 2 aliphatic rings. The van der Waals surface area contributed by atoms with Crippen molar-refractivity contribution in [2.45, 2.75) is 69.9 Å². The van der Waals surface area contributed by atoms with Crippen LogP contribution in [0.25, 0.3) is 0 Å². The van der Waals surface area contributed by atoms with Gasteiger partial charge in [0.05, 0.1) is 5.54 Å². The summed E-state index contributed by atoms with van der Waals surface area (Å²) in [6.07, 6.45) is 7.93. The number of carbonyl (C=O) groups is 1. The Morgan fingerprint density at radius 3 is 2.62 bits per heavy atom. The molecule has 3 atom stereocenters. The number of rotatable bonds is 5. The number of carbonyl (C=O) groups excluding carboxylic acids is 1. The van der Waals surface area contributed by atoms with Crippen LogP contribution in [-0.4, -0.2) is 49.1 Å². The first-order valence-electron chi connectivity index (χ1n) is 8.65. The summed E-state index contributed by atoms with van der Waals surface area (Å²) in [5.74, 6) is 0.963. The van der Waals surface area contributed by atoms with Crippen LogP contribution in [0, 0.1) is 5.92 Å². The topological polar surface area (TPSA) is 44.4 Å². The van der Waals surface area contributed by atoms with Gasteiger partial charge in [-0.3, -0.25) is 4.79 Å². The molecule has 21 heavy (non-hydrogen) atoms. The van der Waals surface area contributed by atoms with Crippen LogP contribution in [0.2, 0.25) is 0 Å². The van der Waals surface area contributed by atoms with Crippen molar-refractivity contribution < 1.29 is 4.79 Å². The van der Waals surface area contributed by atoms with Crippen molar-refractivity contribution in [1.82, 2.24) is 15.5 Å². The standard InChI is InChI=1S/C17H33N3O/c1-5-17(10-7-11-19-17)15(21)18-13-16(20(3)4)9-6-8-14(2)12-16/h14,19H,5-13H2,1-4H3,(H,18,21). The molecule has 1 amide bonds. The molecule has 4 heteroatoms. The van der Waals surface area contributed by atoms with Gasteiger partial charge >= 0.3 is 0 Å². The lowest BCUT2D eigenvalue weighted by molar-refractivity contribution is -0.128. The van der Waals surface area contributed by atoms with Crippen LogP contribution in [0.3, 0.4) is 0 Å². The first kappa shape index (κ1) is 16.8. The van der Waals surface area contributed by atoms with E-state index < -0.39 is 0 Å². The van der Waals surface area contributed by atoms with E-state index in [9.17, 15) is 4.79 Å². The normalized spacial score (nSPS) is 36.9. The molecular weight excluding hydrogens is 262 g/mol. The molecule has 1 heterocycles. The molecule has 1 aliphatic carbocycles. The lowest BCUT2D eigenvalue weighted by atomic mass is 9.75. The second-order valence-corrected chi connectivity index (χ2v) is 7.47. The molecule has 2 N–H and O–H groups in total. The molecule has 0 radical (unpaired) electrons. The number of hydrogen-bond donors (Lipinski definition) is 2. The van der Waals surface area contributed by atoms with Gasteiger partial charge in [-0.2, -0.15) is 0 Å². The summed E-state index contributed by atoms with van der Waals surface area (Å²) in [7, 11) is 4.32. The van der Waals surface area contributed by atoms with Gasteiger partial charge in [0, 0.05) is 12.1 Å². The number of nitrogens with zero attached hydrogens (tertiary/aromatic N) is 1. The first-order chi connectivity index (χ1) is 9.94. The van der Waals surface area contributed by atoms with E-state index in [-0.39, 0.29) is 17.0 Å². The van der Waals surface area contributed by atoms with Gasteiger partial charge in [-0.1, -0.05) is 26.7 Å². The van der Waals surface area contributed by atoms with E-state index in [0.29, 0.717) is 0 Å². The minimum absolute atomic E-state index is 0.140. The van der Waals surface area contributed by atoms with E-state index in [0.717, 1.165) is 38.3 Å². The van der Waals surface area contributed by atoms with Crippen molar-refractivity contribution in [1.29, 1.82) is 0 Å². The Hall–Kier alpha value is -0.610. The average Bonchev–Trinajstić information content (AvgIpc) is 2.95. The summed E-state index contributed by atoms with van der Waals surface area (Å²) < 4.78 is 0. The van der Waals surface area contributed by atoms with E-state index in [1.165, 1.54) is 25.7 Å². The number of likely N-dealkylation sites (N-methyl/N-ethyl adjacent to an activating group) is 1. The van der Waals surface area contributed by atoms with Crippen LogP contribution in [-0.2, 0) is 4.79 Å². The summed E-state index contributed by atoms with van der Waals surface area (Å²) in [6.45, 7) is 6.21. The van der Waals surface area contributed by atoms with Crippen molar-refractivity contribution in [3.63, 3.8) is 0 Å². The molecule has 0 aromatic heterocycles. The molecule has 2 fully saturated rings. The largest absolute Gasteiger partial charge is 0.353 e. The number of hydrogen-bond acceptors (Lipinski definition) is 3. The molecule has 1 aliphatic heterocycles. The Bertz CT molecular complexity index is 363. The summed E-state index contributed by atoms with van der Waals surface area (Å²) >= 11 is 0. The van der Waals surface area contributed by atoms with Gasteiger partial charge in [0.2, 0.25) is 5.91 Å². The number of nitrogens with one attached hydrogen (secondary N) is 2. The van der Waals surface area contributed by atoms with Crippen molar-refractivity contribution in [2.75, 3.05) is 27.2 Å². The zero-order valence-electron chi connectivity index (χ0n) is 14.3. The summed E-state index contributed by atoms with van der Waals surface area (Å²) in [5, 5.41) is 6.72. The maximum absolute atomic E-state index is 12.7. The lowest BCUT2D eigenvalue weighted by Gasteiger charge is -2.45. The highest BCUT2D eigenvalue weighted by Gasteiger charge is 2.42. The van der Waals surface area contributed by atoms with Gasteiger partial charge in [0.15, 0.2) is 0 Å². The third-order valence-electron chi connectivity index (χ3n) is 5.88. The van der Waals surface area contributed by atoms with Gasteiger partial charge in [-0.15, -0.1) is 0 Å². The van der Waals surface area contributed by atoms with Crippen LogP contribution in [0.15, 0.2) is 0 Å². The quantitative estimate of drug-likeness (QED) is 0.817. The monoisotopic (exact) mass is 295 g/mol. The van der Waals surface area contributed by atoms with E-state index in [4.69, 9.17) is 0 Å². The van der Waals surface area contributed by atoms with Gasteiger partial charge in [-0.25, -0.2) is 0 Å². The highest BCUT2D eigenvalue weighted by molar-refractivity contribution is 5.86. The van der Waals surface area contributed by atoms with E-state index >= 15 is 0 Å². The van der Waals surface area contributed by atoms with Crippen LogP contribution >= 0.6 is 0 Å². The zero-order chi connectivity index (χ0) is 15.5. The van der Waals surface area contributed by atoms with Crippen molar-refractivity contribution >= 4 is 5.91 Å². The van der Waals surface area contributed by atoms with E-state index in [1.807, 2.05) is 0 Å². The second-order valence-electron chi connectivity index (χ2n) is 7.47. The molecule has 1 saturated carbocycles. The predicted octanol–water partition coefficient (Wildman–Crippen LogP) is 2.15. The van der Waals surface area contributed by atoms with E-state index in [1.54, 1.807) is 0 Å². The molecular formula is C17H33N3O. The Morgan fingerprint density at radius 1 is 1.33 bits per heavy atom. The smallest absolute Gasteiger partial charge is 0.240 e. The van der Waals surface area contributed by atoms with Gasteiger partial charge in [0.1, 0.15) is 0 Å². The lowest BCUT2D eigenvalue weighted by Crippen LogP contribution is -2.59. The molecule has 0 bridgehead atoms. The Kier molecular flexibility index (Phi) is 5.31. The summed E-state index contributed by atoms with van der Waals surface area (Å²) in [6, 6.07) is 0. The van der Waals surface area contributed by atoms with E-state index in [2.05, 4.69) is 43.5 Å². The van der Waals surface area contributed by atoms with Gasteiger partial charge < -0.3 is 15.5 Å². The van der Waals surface area contributed by atoms with Crippen LogP contribution in [0.5, 0.6) is 0 Å². The number of amides is 1. The van der Waals surface area contributed by atoms with Crippen molar-refractivity contribution in [3.8, 4) is 0 Å². The fraction of sp³-hybridized carbons (Fsp3) is 0.941. The summed E-state index contributed by atoms with van der Waals surface area (Å²) in [5.41, 5.74) is -0.172.